The SMILES string of the molecule is CCCNc1ccnc(-c2cc(C)nc3ccccc23)n1. The van der Waals surface area contributed by atoms with Gasteiger partial charge in [-0.05, 0) is 31.5 Å². The summed E-state index contributed by atoms with van der Waals surface area (Å²) in [5.74, 6) is 1.60. The van der Waals surface area contributed by atoms with Gasteiger partial charge in [-0.25, -0.2) is 9.97 Å². The normalized spacial score (nSPS) is 10.8. The van der Waals surface area contributed by atoms with Gasteiger partial charge in [0.15, 0.2) is 5.82 Å². The molecular formula is C17H18N4. The number of anilines is 1. The smallest absolute Gasteiger partial charge is 0.162 e. The number of aromatic nitrogens is 3. The molecule has 106 valence electrons. The summed E-state index contributed by atoms with van der Waals surface area (Å²) in [6.45, 7) is 5.04. The van der Waals surface area contributed by atoms with Crippen LogP contribution in [0.2, 0.25) is 0 Å². The lowest BCUT2D eigenvalue weighted by Gasteiger charge is -2.09. The van der Waals surface area contributed by atoms with Gasteiger partial charge in [0.1, 0.15) is 5.82 Å². The Kier molecular flexibility index (Phi) is 3.77. The van der Waals surface area contributed by atoms with Gasteiger partial charge in [-0.1, -0.05) is 25.1 Å². The fourth-order valence-electron chi connectivity index (χ4n) is 2.33. The number of pyridine rings is 1. The van der Waals surface area contributed by atoms with Crippen LogP contribution in [-0.2, 0) is 0 Å². The lowest BCUT2D eigenvalue weighted by molar-refractivity contribution is 0.966. The van der Waals surface area contributed by atoms with Crippen LogP contribution in [0.1, 0.15) is 19.0 Å². The van der Waals surface area contributed by atoms with Gasteiger partial charge < -0.3 is 5.32 Å². The molecule has 0 bridgehead atoms. The Hall–Kier alpha value is -2.49. The lowest BCUT2D eigenvalue weighted by Crippen LogP contribution is -2.03. The molecule has 0 atom stereocenters. The predicted octanol–water partition coefficient (Wildman–Crippen LogP) is 3.82. The Morgan fingerprint density at radius 1 is 1.10 bits per heavy atom. The number of nitrogens with one attached hydrogen (secondary N) is 1. The molecule has 0 saturated carbocycles. The predicted molar refractivity (Wildman–Crippen MR) is 86.3 cm³/mol. The van der Waals surface area contributed by atoms with Crippen molar-refractivity contribution in [3.05, 3.63) is 48.3 Å². The molecule has 0 aliphatic carbocycles. The highest BCUT2D eigenvalue weighted by molar-refractivity contribution is 5.92. The van der Waals surface area contributed by atoms with Crippen molar-refractivity contribution in [2.24, 2.45) is 0 Å². The van der Waals surface area contributed by atoms with Gasteiger partial charge in [0, 0.05) is 29.4 Å². The fraction of sp³-hybridized carbons (Fsp3) is 0.235. The summed E-state index contributed by atoms with van der Waals surface area (Å²) in [5.41, 5.74) is 2.97. The maximum Gasteiger partial charge on any atom is 0.162 e. The van der Waals surface area contributed by atoms with Crippen LogP contribution in [0.5, 0.6) is 0 Å². The largest absolute Gasteiger partial charge is 0.370 e. The molecule has 0 saturated heterocycles. The molecule has 0 amide bonds. The van der Waals surface area contributed by atoms with E-state index in [4.69, 9.17) is 0 Å². The average molecular weight is 278 g/mol. The Labute approximate surface area is 124 Å². The number of nitrogens with zero attached hydrogens (tertiary/aromatic N) is 3. The topological polar surface area (TPSA) is 50.7 Å². The maximum absolute atomic E-state index is 4.62. The first-order valence-corrected chi connectivity index (χ1v) is 7.21. The zero-order valence-electron chi connectivity index (χ0n) is 12.3. The average Bonchev–Trinajstić information content (AvgIpc) is 2.52. The molecule has 0 fully saturated rings. The standard InChI is InChI=1S/C17H18N4/c1-3-9-18-16-8-10-19-17(21-16)14-11-12(2)20-15-7-5-4-6-13(14)15/h4-8,10-11H,3,9H2,1-2H3,(H,18,19,21). The molecule has 0 aliphatic heterocycles. The van der Waals surface area contributed by atoms with E-state index in [1.54, 1.807) is 6.20 Å². The molecule has 0 radical (unpaired) electrons. The Morgan fingerprint density at radius 3 is 2.81 bits per heavy atom. The van der Waals surface area contributed by atoms with Crippen LogP contribution < -0.4 is 5.32 Å². The first-order chi connectivity index (χ1) is 10.3. The number of rotatable bonds is 4. The van der Waals surface area contributed by atoms with Gasteiger partial charge in [0.05, 0.1) is 5.52 Å². The van der Waals surface area contributed by atoms with Gasteiger partial charge in [-0.3, -0.25) is 4.98 Å². The number of para-hydroxylation sites is 1. The molecule has 4 nitrogen and oxygen atoms in total. The highest BCUT2D eigenvalue weighted by Crippen LogP contribution is 2.26. The van der Waals surface area contributed by atoms with Crippen LogP contribution in [0.25, 0.3) is 22.3 Å². The lowest BCUT2D eigenvalue weighted by atomic mass is 10.1. The van der Waals surface area contributed by atoms with Crippen molar-refractivity contribution < 1.29 is 0 Å². The minimum absolute atomic E-state index is 0.734. The second-order valence-corrected chi connectivity index (χ2v) is 5.02. The van der Waals surface area contributed by atoms with E-state index < -0.39 is 0 Å². The van der Waals surface area contributed by atoms with Crippen LogP contribution in [0.3, 0.4) is 0 Å². The van der Waals surface area contributed by atoms with Gasteiger partial charge in [0.2, 0.25) is 0 Å². The zero-order valence-corrected chi connectivity index (χ0v) is 12.3. The van der Waals surface area contributed by atoms with E-state index in [-0.39, 0.29) is 0 Å². The van der Waals surface area contributed by atoms with Crippen LogP contribution >= 0.6 is 0 Å². The highest BCUT2D eigenvalue weighted by Gasteiger charge is 2.09. The quantitative estimate of drug-likeness (QED) is 0.788. The van der Waals surface area contributed by atoms with E-state index in [2.05, 4.69) is 33.3 Å². The van der Waals surface area contributed by atoms with Crippen molar-refractivity contribution in [2.45, 2.75) is 20.3 Å². The molecule has 1 N–H and O–H groups in total. The van der Waals surface area contributed by atoms with Crippen LogP contribution in [0, 0.1) is 6.92 Å². The van der Waals surface area contributed by atoms with Gasteiger partial charge in [0.25, 0.3) is 0 Å². The molecule has 0 aliphatic rings. The summed E-state index contributed by atoms with van der Waals surface area (Å²) in [7, 11) is 0. The monoisotopic (exact) mass is 278 g/mol. The van der Waals surface area contributed by atoms with E-state index in [0.29, 0.717) is 0 Å². The van der Waals surface area contributed by atoms with Gasteiger partial charge in [-0.15, -0.1) is 0 Å². The number of fused-ring (bicyclic) bond motifs is 1. The van der Waals surface area contributed by atoms with Crippen molar-refractivity contribution in [3.63, 3.8) is 0 Å². The number of hydrogen-bond donors (Lipinski definition) is 1. The summed E-state index contributed by atoms with van der Waals surface area (Å²) in [5, 5.41) is 4.38. The molecule has 2 aromatic heterocycles. The van der Waals surface area contributed by atoms with Crippen molar-refractivity contribution in [1.29, 1.82) is 0 Å². The molecule has 4 heteroatoms. The van der Waals surface area contributed by atoms with Gasteiger partial charge >= 0.3 is 0 Å². The van der Waals surface area contributed by atoms with Crippen LogP contribution in [-0.4, -0.2) is 21.5 Å². The zero-order chi connectivity index (χ0) is 14.7. The number of hydrogen-bond acceptors (Lipinski definition) is 4. The molecule has 3 rings (SSSR count). The summed E-state index contributed by atoms with van der Waals surface area (Å²) in [4.78, 5) is 13.6. The Balaban J connectivity index is 2.11. The molecule has 21 heavy (non-hydrogen) atoms. The van der Waals surface area contributed by atoms with Crippen molar-refractivity contribution >= 4 is 16.7 Å². The van der Waals surface area contributed by atoms with E-state index in [1.807, 2.05) is 37.3 Å². The van der Waals surface area contributed by atoms with E-state index in [1.165, 1.54) is 0 Å². The van der Waals surface area contributed by atoms with Gasteiger partial charge in [-0.2, -0.15) is 0 Å². The summed E-state index contributed by atoms with van der Waals surface area (Å²) in [6, 6.07) is 12.0. The van der Waals surface area contributed by atoms with E-state index >= 15 is 0 Å². The Morgan fingerprint density at radius 2 is 1.95 bits per heavy atom. The number of aryl methyl sites for hydroxylation is 1. The maximum atomic E-state index is 4.62. The minimum atomic E-state index is 0.734. The number of benzene rings is 1. The molecule has 1 aromatic carbocycles. The highest BCUT2D eigenvalue weighted by atomic mass is 15.0. The molecule has 3 aromatic rings. The summed E-state index contributed by atoms with van der Waals surface area (Å²) in [6.07, 6.45) is 2.86. The van der Waals surface area contributed by atoms with Crippen LogP contribution in [0.4, 0.5) is 5.82 Å². The van der Waals surface area contributed by atoms with Crippen molar-refractivity contribution in [3.8, 4) is 11.4 Å². The third-order valence-electron chi connectivity index (χ3n) is 3.30. The minimum Gasteiger partial charge on any atom is -0.370 e. The second kappa shape index (κ2) is 5.87. The van der Waals surface area contributed by atoms with E-state index in [0.717, 1.165) is 46.8 Å². The summed E-state index contributed by atoms with van der Waals surface area (Å²) < 4.78 is 0. The molecule has 0 spiro atoms. The molecule has 2 heterocycles. The third-order valence-corrected chi connectivity index (χ3v) is 3.30. The Bertz CT molecular complexity index is 768. The third kappa shape index (κ3) is 2.84. The molecular weight excluding hydrogens is 260 g/mol. The summed E-state index contributed by atoms with van der Waals surface area (Å²) >= 11 is 0. The first kappa shape index (κ1) is 13.5. The van der Waals surface area contributed by atoms with Crippen molar-refractivity contribution in [2.75, 3.05) is 11.9 Å². The molecule has 0 unspecified atom stereocenters. The van der Waals surface area contributed by atoms with Crippen molar-refractivity contribution in [1.82, 2.24) is 15.0 Å². The fourth-order valence-corrected chi connectivity index (χ4v) is 2.33. The second-order valence-electron chi connectivity index (χ2n) is 5.02. The first-order valence-electron chi connectivity index (χ1n) is 7.21. The van der Waals surface area contributed by atoms with Crippen LogP contribution in [0.15, 0.2) is 42.6 Å². The van der Waals surface area contributed by atoms with E-state index in [9.17, 15) is 0 Å².